The Morgan fingerprint density at radius 2 is 1.92 bits per heavy atom. The lowest BCUT2D eigenvalue weighted by Crippen LogP contribution is -2.42. The zero-order valence-corrected chi connectivity index (χ0v) is 15.9. The minimum atomic E-state index is -0.476. The van der Waals surface area contributed by atoms with Gasteiger partial charge in [0.05, 0.1) is 6.54 Å². The third-order valence-electron chi connectivity index (χ3n) is 5.75. The molecule has 0 spiro atoms. The molecule has 5 heteroatoms. The topological polar surface area (TPSA) is 60.9 Å². The Morgan fingerprint density at radius 3 is 2.58 bits per heavy atom. The van der Waals surface area contributed by atoms with Crippen molar-refractivity contribution in [3.8, 4) is 0 Å². The molecular formula is C21H30N2O3. The first kappa shape index (κ1) is 19.2. The number of likely N-dealkylation sites (tertiary alicyclic amines) is 1. The van der Waals surface area contributed by atoms with Crippen LogP contribution in [0.4, 0.5) is 0 Å². The smallest absolute Gasteiger partial charge is 0.188 e. The van der Waals surface area contributed by atoms with Gasteiger partial charge in [-0.15, -0.1) is 0 Å². The Balaban J connectivity index is 1.68. The molecule has 2 aliphatic heterocycles. The SMILES string of the molecule is CC(C)N1CCC(CN2CC(=O)Cc3ccc(C(=O)CO)cc3C2)CC1. The molecule has 0 bridgehead atoms. The van der Waals surface area contributed by atoms with Crippen molar-refractivity contribution in [1.82, 2.24) is 9.80 Å². The number of hydrogen-bond acceptors (Lipinski definition) is 5. The van der Waals surface area contributed by atoms with Crippen LogP contribution in [0.25, 0.3) is 0 Å². The van der Waals surface area contributed by atoms with Gasteiger partial charge in [0.2, 0.25) is 0 Å². The molecule has 0 saturated carbocycles. The van der Waals surface area contributed by atoms with Gasteiger partial charge in [-0.2, -0.15) is 0 Å². The number of ketones is 2. The van der Waals surface area contributed by atoms with E-state index in [4.69, 9.17) is 5.11 Å². The van der Waals surface area contributed by atoms with Gasteiger partial charge in [0.15, 0.2) is 11.6 Å². The fourth-order valence-electron chi connectivity index (χ4n) is 4.17. The first-order valence-electron chi connectivity index (χ1n) is 9.70. The van der Waals surface area contributed by atoms with Gasteiger partial charge in [0, 0.05) is 31.1 Å². The van der Waals surface area contributed by atoms with Crippen molar-refractivity contribution in [3.05, 3.63) is 34.9 Å². The summed E-state index contributed by atoms with van der Waals surface area (Å²) >= 11 is 0. The molecule has 26 heavy (non-hydrogen) atoms. The van der Waals surface area contributed by atoms with E-state index in [9.17, 15) is 9.59 Å². The highest BCUT2D eigenvalue weighted by Gasteiger charge is 2.26. The zero-order chi connectivity index (χ0) is 18.7. The van der Waals surface area contributed by atoms with Crippen LogP contribution >= 0.6 is 0 Å². The van der Waals surface area contributed by atoms with E-state index in [1.54, 1.807) is 6.07 Å². The van der Waals surface area contributed by atoms with Crippen molar-refractivity contribution >= 4 is 11.6 Å². The molecule has 1 fully saturated rings. The molecule has 0 aliphatic carbocycles. The first-order valence-corrected chi connectivity index (χ1v) is 9.70. The first-order chi connectivity index (χ1) is 12.5. The van der Waals surface area contributed by atoms with Crippen LogP contribution in [0.3, 0.4) is 0 Å². The molecule has 0 aromatic heterocycles. The summed E-state index contributed by atoms with van der Waals surface area (Å²) in [4.78, 5) is 28.9. The van der Waals surface area contributed by atoms with E-state index in [1.165, 1.54) is 12.8 Å². The van der Waals surface area contributed by atoms with Crippen LogP contribution < -0.4 is 0 Å². The highest BCUT2D eigenvalue weighted by atomic mass is 16.3. The number of carbonyl (C=O) groups is 2. The summed E-state index contributed by atoms with van der Waals surface area (Å²) in [6, 6.07) is 6.06. The van der Waals surface area contributed by atoms with E-state index < -0.39 is 6.61 Å². The van der Waals surface area contributed by atoms with E-state index in [0.717, 1.165) is 30.8 Å². The minimum Gasteiger partial charge on any atom is -0.388 e. The number of fused-ring (bicyclic) bond motifs is 1. The number of Topliss-reactive ketones (excluding diaryl/α,β-unsaturated/α-hetero) is 2. The summed E-state index contributed by atoms with van der Waals surface area (Å²) in [5.74, 6) is 0.599. The predicted molar refractivity (Wildman–Crippen MR) is 101 cm³/mol. The second-order valence-corrected chi connectivity index (χ2v) is 8.02. The van der Waals surface area contributed by atoms with Crippen LogP contribution in [-0.2, 0) is 17.8 Å². The number of aliphatic hydroxyl groups excluding tert-OH is 1. The summed E-state index contributed by atoms with van der Waals surface area (Å²) in [6.07, 6.45) is 2.79. The summed E-state index contributed by atoms with van der Waals surface area (Å²) < 4.78 is 0. The summed E-state index contributed by atoms with van der Waals surface area (Å²) in [6.45, 7) is 8.42. The molecule has 0 atom stereocenters. The third kappa shape index (κ3) is 4.58. The van der Waals surface area contributed by atoms with Crippen LogP contribution in [0.15, 0.2) is 18.2 Å². The van der Waals surface area contributed by atoms with Crippen molar-refractivity contribution in [2.75, 3.05) is 32.8 Å². The van der Waals surface area contributed by atoms with Gasteiger partial charge in [0.1, 0.15) is 6.61 Å². The number of carbonyl (C=O) groups excluding carboxylic acids is 2. The van der Waals surface area contributed by atoms with E-state index in [2.05, 4.69) is 23.6 Å². The molecule has 2 aliphatic rings. The Bertz CT molecular complexity index is 663. The molecule has 3 rings (SSSR count). The van der Waals surface area contributed by atoms with Crippen LogP contribution in [0.2, 0.25) is 0 Å². The van der Waals surface area contributed by atoms with Gasteiger partial charge in [-0.1, -0.05) is 12.1 Å². The van der Waals surface area contributed by atoms with Crippen molar-refractivity contribution in [1.29, 1.82) is 0 Å². The molecule has 1 aromatic rings. The molecule has 0 radical (unpaired) electrons. The maximum Gasteiger partial charge on any atom is 0.188 e. The number of benzene rings is 1. The van der Waals surface area contributed by atoms with Crippen LogP contribution in [-0.4, -0.2) is 65.3 Å². The lowest BCUT2D eigenvalue weighted by atomic mass is 9.95. The lowest BCUT2D eigenvalue weighted by Gasteiger charge is -2.36. The van der Waals surface area contributed by atoms with Crippen molar-refractivity contribution < 1.29 is 14.7 Å². The monoisotopic (exact) mass is 358 g/mol. The number of hydrogen-bond donors (Lipinski definition) is 1. The fourth-order valence-corrected chi connectivity index (χ4v) is 4.17. The highest BCUT2D eigenvalue weighted by molar-refractivity contribution is 5.97. The average Bonchev–Trinajstić information content (AvgIpc) is 2.78. The van der Waals surface area contributed by atoms with Crippen LogP contribution in [0.1, 0.15) is 48.2 Å². The molecule has 5 nitrogen and oxygen atoms in total. The quantitative estimate of drug-likeness (QED) is 0.815. The number of nitrogens with zero attached hydrogens (tertiary/aromatic N) is 2. The van der Waals surface area contributed by atoms with Gasteiger partial charge in [0.25, 0.3) is 0 Å². The van der Waals surface area contributed by atoms with Gasteiger partial charge in [-0.05, 0) is 62.9 Å². The number of aliphatic hydroxyl groups is 1. The van der Waals surface area contributed by atoms with Gasteiger partial charge in [-0.3, -0.25) is 14.5 Å². The Kier molecular flexibility index (Phi) is 6.22. The Hall–Kier alpha value is -1.56. The van der Waals surface area contributed by atoms with E-state index in [-0.39, 0.29) is 11.6 Å². The Labute approximate surface area is 156 Å². The third-order valence-corrected chi connectivity index (χ3v) is 5.75. The fraction of sp³-hybridized carbons (Fsp3) is 0.619. The molecule has 0 amide bonds. The molecule has 2 heterocycles. The van der Waals surface area contributed by atoms with Gasteiger partial charge >= 0.3 is 0 Å². The number of rotatable bonds is 5. The second kappa shape index (κ2) is 8.42. The van der Waals surface area contributed by atoms with Gasteiger partial charge in [-0.25, -0.2) is 0 Å². The maximum absolute atomic E-state index is 12.4. The molecule has 1 N–H and O–H groups in total. The van der Waals surface area contributed by atoms with E-state index in [0.29, 0.717) is 37.0 Å². The average molecular weight is 358 g/mol. The normalized spacial score (nSPS) is 20.2. The predicted octanol–water partition coefficient (Wildman–Crippen LogP) is 1.91. The second-order valence-electron chi connectivity index (χ2n) is 8.02. The van der Waals surface area contributed by atoms with Gasteiger partial charge < -0.3 is 10.0 Å². The molecule has 1 aromatic carbocycles. The van der Waals surface area contributed by atoms with Crippen LogP contribution in [0, 0.1) is 5.92 Å². The summed E-state index contributed by atoms with van der Waals surface area (Å²) in [7, 11) is 0. The lowest BCUT2D eigenvalue weighted by molar-refractivity contribution is -0.119. The maximum atomic E-state index is 12.4. The number of piperidine rings is 1. The largest absolute Gasteiger partial charge is 0.388 e. The van der Waals surface area contributed by atoms with Crippen molar-refractivity contribution in [2.45, 2.75) is 45.7 Å². The summed E-state index contributed by atoms with van der Waals surface area (Å²) in [5.41, 5.74) is 2.60. The molecule has 1 saturated heterocycles. The Morgan fingerprint density at radius 1 is 1.19 bits per heavy atom. The molecular weight excluding hydrogens is 328 g/mol. The zero-order valence-electron chi connectivity index (χ0n) is 15.9. The van der Waals surface area contributed by atoms with E-state index in [1.807, 2.05) is 12.1 Å². The van der Waals surface area contributed by atoms with Crippen LogP contribution in [0.5, 0.6) is 0 Å². The highest BCUT2D eigenvalue weighted by Crippen LogP contribution is 2.24. The molecule has 142 valence electrons. The van der Waals surface area contributed by atoms with Crippen molar-refractivity contribution in [3.63, 3.8) is 0 Å². The molecule has 0 unspecified atom stereocenters. The standard InChI is InChI=1S/C21H30N2O3/c1-15(2)23-7-5-16(6-8-23)11-22-12-19-9-18(21(26)14-24)4-3-17(19)10-20(25)13-22/h3-4,9,15-16,24H,5-8,10-14H2,1-2H3. The summed E-state index contributed by atoms with van der Waals surface area (Å²) in [5, 5.41) is 9.10. The van der Waals surface area contributed by atoms with Crippen molar-refractivity contribution in [2.24, 2.45) is 5.92 Å². The minimum absolute atomic E-state index is 0.240. The van der Waals surface area contributed by atoms with E-state index >= 15 is 0 Å².